The first-order chi connectivity index (χ1) is 15.7. The number of furan rings is 1. The van der Waals surface area contributed by atoms with E-state index in [0.717, 1.165) is 35.6 Å². The molecule has 1 N–H and O–H groups in total. The molecule has 2 heterocycles. The number of anilines is 1. The minimum absolute atomic E-state index is 0.00103. The minimum atomic E-state index is -4.56. The van der Waals surface area contributed by atoms with Crippen LogP contribution < -0.4 is 5.32 Å². The van der Waals surface area contributed by atoms with Crippen molar-refractivity contribution in [1.29, 1.82) is 0 Å². The van der Waals surface area contributed by atoms with E-state index in [1.54, 1.807) is 23.6 Å². The number of carbonyl (C=O) groups excluding carboxylic acids is 1. The van der Waals surface area contributed by atoms with E-state index in [9.17, 15) is 18.0 Å². The average Bonchev–Trinajstić information content (AvgIpc) is 3.45. The zero-order chi connectivity index (χ0) is 23.6. The summed E-state index contributed by atoms with van der Waals surface area (Å²) in [4.78, 5) is 12.8. The van der Waals surface area contributed by atoms with Crippen molar-refractivity contribution in [1.82, 2.24) is 14.8 Å². The van der Waals surface area contributed by atoms with Crippen LogP contribution in [0, 0.1) is 0 Å². The number of carbonyl (C=O) groups is 1. The van der Waals surface area contributed by atoms with E-state index in [4.69, 9.17) is 16.0 Å². The summed E-state index contributed by atoms with van der Waals surface area (Å²) in [6, 6.07) is 15.5. The molecule has 6 nitrogen and oxygen atoms in total. The van der Waals surface area contributed by atoms with Gasteiger partial charge in [0.1, 0.15) is 0 Å². The normalized spacial score (nSPS) is 12.5. The Bertz CT molecular complexity index is 1260. The molecule has 0 saturated carbocycles. The molecular weight excluding hydrogens is 477 g/mol. The van der Waals surface area contributed by atoms with Crippen LogP contribution in [0.5, 0.6) is 0 Å². The number of halogens is 4. The Hall–Kier alpha value is -3.24. The van der Waals surface area contributed by atoms with Gasteiger partial charge in [0, 0.05) is 5.69 Å². The monoisotopic (exact) mass is 492 g/mol. The van der Waals surface area contributed by atoms with Gasteiger partial charge in [-0.15, -0.1) is 10.2 Å². The third-order valence-electron chi connectivity index (χ3n) is 4.59. The first-order valence-electron chi connectivity index (χ1n) is 9.63. The number of nitrogens with zero attached hydrogens (tertiary/aromatic N) is 3. The molecule has 0 radical (unpaired) electrons. The summed E-state index contributed by atoms with van der Waals surface area (Å²) in [6.07, 6.45) is -3.04. The lowest BCUT2D eigenvalue weighted by Gasteiger charge is -2.15. The second-order valence-corrected chi connectivity index (χ2v) is 8.61. The van der Waals surface area contributed by atoms with Gasteiger partial charge in [0.2, 0.25) is 11.7 Å². The van der Waals surface area contributed by atoms with Gasteiger partial charge in [-0.3, -0.25) is 9.36 Å². The van der Waals surface area contributed by atoms with Crippen LogP contribution in [0.15, 0.2) is 76.5 Å². The van der Waals surface area contributed by atoms with E-state index in [1.165, 1.54) is 6.26 Å². The van der Waals surface area contributed by atoms with Crippen molar-refractivity contribution in [3.8, 4) is 17.3 Å². The lowest BCUT2D eigenvalue weighted by atomic mass is 10.2. The van der Waals surface area contributed by atoms with Gasteiger partial charge in [0.15, 0.2) is 10.9 Å². The molecule has 0 fully saturated rings. The molecule has 33 heavy (non-hydrogen) atoms. The largest absolute Gasteiger partial charge is 0.461 e. The van der Waals surface area contributed by atoms with E-state index in [2.05, 4.69) is 15.5 Å². The standard InChI is InChI=1S/C22H16ClF3N4O2S/c1-13(20(31)27-17-12-14(22(24,25)26)9-10-16(17)23)33-21-29-28-19(18-8-5-11-32-18)30(21)15-6-3-2-4-7-15/h2-13H,1H3,(H,27,31). The molecule has 11 heteroatoms. The first kappa shape index (κ1) is 22.9. The summed E-state index contributed by atoms with van der Waals surface area (Å²) in [5.74, 6) is 0.400. The van der Waals surface area contributed by atoms with Gasteiger partial charge in [0.05, 0.1) is 27.8 Å². The fraction of sp³-hybridized carbons (Fsp3) is 0.136. The number of hydrogen-bond acceptors (Lipinski definition) is 5. The number of thioether (sulfide) groups is 1. The number of para-hydroxylation sites is 1. The van der Waals surface area contributed by atoms with Gasteiger partial charge in [-0.1, -0.05) is 41.6 Å². The SMILES string of the molecule is CC(Sc1nnc(-c2ccco2)n1-c1ccccc1)C(=O)Nc1cc(C(F)(F)F)ccc1Cl. The van der Waals surface area contributed by atoms with Gasteiger partial charge in [-0.25, -0.2) is 0 Å². The van der Waals surface area contributed by atoms with E-state index in [0.29, 0.717) is 16.7 Å². The number of hydrogen-bond donors (Lipinski definition) is 1. The average molecular weight is 493 g/mol. The van der Waals surface area contributed by atoms with Crippen LogP contribution in [0.2, 0.25) is 5.02 Å². The van der Waals surface area contributed by atoms with Crippen LogP contribution in [0.4, 0.5) is 18.9 Å². The van der Waals surface area contributed by atoms with Crippen molar-refractivity contribution < 1.29 is 22.4 Å². The molecule has 4 rings (SSSR count). The van der Waals surface area contributed by atoms with Crippen LogP contribution in [-0.4, -0.2) is 25.9 Å². The van der Waals surface area contributed by atoms with Crippen molar-refractivity contribution in [2.45, 2.75) is 23.5 Å². The summed E-state index contributed by atoms with van der Waals surface area (Å²) in [5, 5.41) is 10.6. The van der Waals surface area contributed by atoms with E-state index in [-0.39, 0.29) is 10.7 Å². The number of aromatic nitrogens is 3. The second-order valence-electron chi connectivity index (χ2n) is 6.90. The molecule has 0 spiro atoms. The Morgan fingerprint density at radius 3 is 2.55 bits per heavy atom. The molecule has 170 valence electrons. The maximum atomic E-state index is 13.0. The minimum Gasteiger partial charge on any atom is -0.461 e. The predicted octanol–water partition coefficient (Wildman–Crippen LogP) is 6.32. The highest BCUT2D eigenvalue weighted by atomic mass is 35.5. The molecule has 4 aromatic rings. The highest BCUT2D eigenvalue weighted by Gasteiger charge is 2.31. The van der Waals surface area contributed by atoms with Gasteiger partial charge in [-0.2, -0.15) is 13.2 Å². The molecule has 2 aromatic carbocycles. The van der Waals surface area contributed by atoms with Crippen molar-refractivity contribution in [3.63, 3.8) is 0 Å². The Balaban J connectivity index is 1.59. The Morgan fingerprint density at radius 1 is 1.12 bits per heavy atom. The lowest BCUT2D eigenvalue weighted by molar-refractivity contribution is -0.137. The zero-order valence-electron chi connectivity index (χ0n) is 17.0. The Morgan fingerprint density at radius 2 is 1.88 bits per heavy atom. The second kappa shape index (κ2) is 9.32. The van der Waals surface area contributed by atoms with E-state index >= 15 is 0 Å². The third-order valence-corrected chi connectivity index (χ3v) is 5.96. The molecule has 0 saturated heterocycles. The van der Waals surface area contributed by atoms with Crippen molar-refractivity contribution in [2.24, 2.45) is 0 Å². The fourth-order valence-corrected chi connectivity index (χ4v) is 4.00. The number of nitrogens with one attached hydrogen (secondary N) is 1. The first-order valence-corrected chi connectivity index (χ1v) is 10.9. The quantitative estimate of drug-likeness (QED) is 0.319. The summed E-state index contributed by atoms with van der Waals surface area (Å²) in [5.41, 5.74) is -0.274. The van der Waals surface area contributed by atoms with Crippen molar-refractivity contribution in [2.75, 3.05) is 5.32 Å². The maximum absolute atomic E-state index is 13.0. The lowest BCUT2D eigenvalue weighted by Crippen LogP contribution is -2.23. The number of amides is 1. The van der Waals surface area contributed by atoms with E-state index in [1.807, 2.05) is 30.3 Å². The third kappa shape index (κ3) is 5.07. The van der Waals surface area contributed by atoms with Gasteiger partial charge < -0.3 is 9.73 Å². The maximum Gasteiger partial charge on any atom is 0.416 e. The number of benzene rings is 2. The Kier molecular flexibility index (Phi) is 6.48. The molecule has 1 unspecified atom stereocenters. The van der Waals surface area contributed by atoms with Crippen molar-refractivity contribution >= 4 is 35.0 Å². The molecule has 2 aromatic heterocycles. The molecular formula is C22H16ClF3N4O2S. The predicted molar refractivity (Wildman–Crippen MR) is 119 cm³/mol. The van der Waals surface area contributed by atoms with Crippen LogP contribution in [-0.2, 0) is 11.0 Å². The summed E-state index contributed by atoms with van der Waals surface area (Å²) >= 11 is 7.09. The van der Waals surface area contributed by atoms with Crippen LogP contribution >= 0.6 is 23.4 Å². The molecule has 0 bridgehead atoms. The molecule has 1 amide bonds. The highest BCUT2D eigenvalue weighted by molar-refractivity contribution is 8.00. The fourth-order valence-electron chi connectivity index (χ4n) is 2.96. The van der Waals surface area contributed by atoms with Crippen LogP contribution in [0.1, 0.15) is 12.5 Å². The van der Waals surface area contributed by atoms with Crippen LogP contribution in [0.3, 0.4) is 0 Å². The van der Waals surface area contributed by atoms with Gasteiger partial charge in [0.25, 0.3) is 0 Å². The van der Waals surface area contributed by atoms with Gasteiger partial charge >= 0.3 is 6.18 Å². The summed E-state index contributed by atoms with van der Waals surface area (Å²) in [7, 11) is 0. The highest BCUT2D eigenvalue weighted by Crippen LogP contribution is 2.35. The van der Waals surface area contributed by atoms with Crippen molar-refractivity contribution in [3.05, 3.63) is 77.5 Å². The molecule has 0 aliphatic carbocycles. The van der Waals surface area contributed by atoms with Crippen LogP contribution in [0.25, 0.3) is 17.3 Å². The molecule has 1 atom stereocenters. The number of rotatable bonds is 6. The summed E-state index contributed by atoms with van der Waals surface area (Å²) < 4.78 is 46.3. The Labute approximate surface area is 195 Å². The van der Waals surface area contributed by atoms with E-state index < -0.39 is 22.9 Å². The van der Waals surface area contributed by atoms with Gasteiger partial charge in [-0.05, 0) is 49.4 Å². The topological polar surface area (TPSA) is 73.0 Å². The number of alkyl halides is 3. The molecule has 0 aliphatic rings. The zero-order valence-corrected chi connectivity index (χ0v) is 18.6. The summed E-state index contributed by atoms with van der Waals surface area (Å²) in [6.45, 7) is 1.61. The molecule has 0 aliphatic heterocycles. The smallest absolute Gasteiger partial charge is 0.416 e.